The number of hydrogen-bond donors (Lipinski definition) is 2. The summed E-state index contributed by atoms with van der Waals surface area (Å²) >= 11 is 0. The maximum Gasteiger partial charge on any atom is 0.257 e. The van der Waals surface area contributed by atoms with Gasteiger partial charge in [0, 0.05) is 19.2 Å². The highest BCUT2D eigenvalue weighted by atomic mass is 16.3. The average Bonchev–Trinajstić information content (AvgIpc) is 2.26. The number of nitrogens with zero attached hydrogens (tertiary/aromatic N) is 1. The smallest absolute Gasteiger partial charge is 0.257 e. The van der Waals surface area contributed by atoms with Crippen molar-refractivity contribution in [3.63, 3.8) is 0 Å². The Bertz CT molecular complexity index is 448. The Morgan fingerprint density at radius 3 is 2.39 bits per heavy atom. The average molecular weight is 249 g/mol. The molecule has 0 aliphatic carbocycles. The number of carbonyl (C=O) groups excluding carboxylic acids is 1. The maximum absolute atomic E-state index is 12.3. The number of phenols is 2. The molecule has 1 heterocycles. The van der Waals surface area contributed by atoms with Gasteiger partial charge in [0.2, 0.25) is 0 Å². The molecule has 2 unspecified atom stereocenters. The third-order valence-corrected chi connectivity index (χ3v) is 3.37. The van der Waals surface area contributed by atoms with Gasteiger partial charge in [0.15, 0.2) is 0 Å². The van der Waals surface area contributed by atoms with E-state index in [9.17, 15) is 15.0 Å². The summed E-state index contributed by atoms with van der Waals surface area (Å²) < 4.78 is 0. The summed E-state index contributed by atoms with van der Waals surface area (Å²) in [5, 5.41) is 18.9. The number of aromatic hydroxyl groups is 2. The molecule has 2 rings (SSSR count). The molecule has 2 N–H and O–H groups in total. The quantitative estimate of drug-likeness (QED) is 0.802. The highest BCUT2D eigenvalue weighted by molar-refractivity contribution is 5.97. The van der Waals surface area contributed by atoms with Gasteiger partial charge in [-0.2, -0.15) is 0 Å². The van der Waals surface area contributed by atoms with Crippen molar-refractivity contribution < 1.29 is 15.0 Å². The first kappa shape index (κ1) is 12.7. The Morgan fingerprint density at radius 1 is 1.22 bits per heavy atom. The van der Waals surface area contributed by atoms with Gasteiger partial charge in [-0.1, -0.05) is 13.8 Å². The number of piperidine rings is 1. The van der Waals surface area contributed by atoms with E-state index in [1.165, 1.54) is 18.2 Å². The third-order valence-electron chi connectivity index (χ3n) is 3.37. The fraction of sp³-hybridized carbons (Fsp3) is 0.500. The lowest BCUT2D eigenvalue weighted by Crippen LogP contribution is -2.42. The van der Waals surface area contributed by atoms with Crippen LogP contribution in [0.3, 0.4) is 0 Å². The van der Waals surface area contributed by atoms with Gasteiger partial charge in [-0.3, -0.25) is 4.79 Å². The molecule has 18 heavy (non-hydrogen) atoms. The van der Waals surface area contributed by atoms with E-state index in [1.54, 1.807) is 4.90 Å². The second kappa shape index (κ2) is 4.88. The molecule has 4 nitrogen and oxygen atoms in total. The first-order valence-corrected chi connectivity index (χ1v) is 6.28. The molecule has 1 fully saturated rings. The molecule has 0 bridgehead atoms. The van der Waals surface area contributed by atoms with E-state index in [0.29, 0.717) is 11.8 Å². The van der Waals surface area contributed by atoms with Gasteiger partial charge in [0.25, 0.3) is 5.91 Å². The van der Waals surface area contributed by atoms with Crippen molar-refractivity contribution in [1.82, 2.24) is 4.90 Å². The molecule has 0 spiro atoms. The lowest BCUT2D eigenvalue weighted by Gasteiger charge is -2.35. The van der Waals surface area contributed by atoms with E-state index < -0.39 is 0 Å². The van der Waals surface area contributed by atoms with E-state index in [1.807, 2.05) is 0 Å². The Labute approximate surface area is 107 Å². The van der Waals surface area contributed by atoms with Gasteiger partial charge in [-0.25, -0.2) is 0 Å². The Balaban J connectivity index is 2.20. The van der Waals surface area contributed by atoms with Crippen molar-refractivity contribution in [2.45, 2.75) is 20.3 Å². The minimum atomic E-state index is -0.161. The molecule has 1 amide bonds. The first-order chi connectivity index (χ1) is 8.47. The van der Waals surface area contributed by atoms with E-state index in [0.717, 1.165) is 19.5 Å². The molecule has 0 aromatic heterocycles. The number of likely N-dealkylation sites (tertiary alicyclic amines) is 1. The van der Waals surface area contributed by atoms with Crippen LogP contribution in [0.15, 0.2) is 18.2 Å². The SMILES string of the molecule is CC1CC(C)CN(C(=O)c2ccc(O)cc2O)C1. The van der Waals surface area contributed by atoms with Crippen molar-refractivity contribution in [3.05, 3.63) is 23.8 Å². The summed E-state index contributed by atoms with van der Waals surface area (Å²) in [7, 11) is 0. The summed E-state index contributed by atoms with van der Waals surface area (Å²) in [6.07, 6.45) is 1.13. The highest BCUT2D eigenvalue weighted by Crippen LogP contribution is 2.27. The molecule has 1 aliphatic heterocycles. The third kappa shape index (κ3) is 2.58. The molecule has 1 saturated heterocycles. The molecule has 1 aromatic rings. The van der Waals surface area contributed by atoms with Crippen LogP contribution in [0.2, 0.25) is 0 Å². The second-order valence-corrected chi connectivity index (χ2v) is 5.36. The fourth-order valence-corrected chi connectivity index (χ4v) is 2.70. The zero-order chi connectivity index (χ0) is 13.3. The number of hydrogen-bond acceptors (Lipinski definition) is 3. The zero-order valence-corrected chi connectivity index (χ0v) is 10.8. The Kier molecular flexibility index (Phi) is 3.45. The van der Waals surface area contributed by atoms with Gasteiger partial charge in [0.05, 0.1) is 5.56 Å². The largest absolute Gasteiger partial charge is 0.508 e. The predicted molar refractivity (Wildman–Crippen MR) is 68.6 cm³/mol. The summed E-state index contributed by atoms with van der Waals surface area (Å²) in [5.74, 6) is 0.607. The molecule has 1 aliphatic rings. The number of benzene rings is 1. The van der Waals surface area contributed by atoms with Crippen molar-refractivity contribution in [1.29, 1.82) is 0 Å². The minimum absolute atomic E-state index is 0.0376. The van der Waals surface area contributed by atoms with Crippen molar-refractivity contribution >= 4 is 5.91 Å². The number of amides is 1. The Hall–Kier alpha value is -1.71. The van der Waals surface area contributed by atoms with Crippen LogP contribution in [-0.2, 0) is 0 Å². The van der Waals surface area contributed by atoms with Crippen LogP contribution in [0.25, 0.3) is 0 Å². The second-order valence-electron chi connectivity index (χ2n) is 5.36. The molecule has 98 valence electrons. The minimum Gasteiger partial charge on any atom is -0.508 e. The predicted octanol–water partition coefficient (Wildman–Crippen LogP) is 2.22. The van der Waals surface area contributed by atoms with Crippen LogP contribution >= 0.6 is 0 Å². The first-order valence-electron chi connectivity index (χ1n) is 6.28. The van der Waals surface area contributed by atoms with Crippen LogP contribution in [0.4, 0.5) is 0 Å². The van der Waals surface area contributed by atoms with Gasteiger partial charge in [0.1, 0.15) is 11.5 Å². The molecular formula is C14H19NO3. The zero-order valence-electron chi connectivity index (χ0n) is 10.8. The monoisotopic (exact) mass is 249 g/mol. The summed E-state index contributed by atoms with van der Waals surface area (Å²) in [6.45, 7) is 5.71. The topological polar surface area (TPSA) is 60.8 Å². The molecule has 1 aromatic carbocycles. The number of rotatable bonds is 1. The Morgan fingerprint density at radius 2 is 1.83 bits per heavy atom. The fourth-order valence-electron chi connectivity index (χ4n) is 2.70. The summed E-state index contributed by atoms with van der Waals surface area (Å²) in [5.41, 5.74) is 0.258. The van der Waals surface area contributed by atoms with Crippen LogP contribution in [0.5, 0.6) is 11.5 Å². The highest BCUT2D eigenvalue weighted by Gasteiger charge is 2.27. The van der Waals surface area contributed by atoms with Gasteiger partial charge in [-0.05, 0) is 30.4 Å². The van der Waals surface area contributed by atoms with E-state index in [4.69, 9.17) is 0 Å². The van der Waals surface area contributed by atoms with Gasteiger partial charge >= 0.3 is 0 Å². The molecule has 4 heteroatoms. The summed E-state index contributed by atoms with van der Waals surface area (Å²) in [4.78, 5) is 14.1. The normalized spacial score (nSPS) is 24.0. The lowest BCUT2D eigenvalue weighted by atomic mass is 9.91. The number of carbonyl (C=O) groups is 1. The molecule has 2 atom stereocenters. The van der Waals surface area contributed by atoms with Crippen molar-refractivity contribution in [3.8, 4) is 11.5 Å². The summed E-state index contributed by atoms with van der Waals surface area (Å²) in [6, 6.07) is 4.09. The van der Waals surface area contributed by atoms with Gasteiger partial charge < -0.3 is 15.1 Å². The van der Waals surface area contributed by atoms with Crippen LogP contribution < -0.4 is 0 Å². The number of phenolic OH excluding ortho intramolecular Hbond substituents is 2. The molecular weight excluding hydrogens is 230 g/mol. The van der Waals surface area contributed by atoms with E-state index in [2.05, 4.69) is 13.8 Å². The van der Waals surface area contributed by atoms with Gasteiger partial charge in [-0.15, -0.1) is 0 Å². The standard InChI is InChI=1S/C14H19NO3/c1-9-5-10(2)8-15(7-9)14(18)12-4-3-11(16)6-13(12)17/h3-4,6,9-10,16-17H,5,7-8H2,1-2H3. The van der Waals surface area contributed by atoms with Crippen molar-refractivity contribution in [2.24, 2.45) is 11.8 Å². The van der Waals surface area contributed by atoms with E-state index in [-0.39, 0.29) is 23.0 Å². The van der Waals surface area contributed by atoms with Crippen LogP contribution in [0.1, 0.15) is 30.6 Å². The molecule has 0 radical (unpaired) electrons. The van der Waals surface area contributed by atoms with Crippen LogP contribution in [-0.4, -0.2) is 34.1 Å². The van der Waals surface area contributed by atoms with E-state index >= 15 is 0 Å². The maximum atomic E-state index is 12.3. The lowest BCUT2D eigenvalue weighted by molar-refractivity contribution is 0.0620. The van der Waals surface area contributed by atoms with Crippen molar-refractivity contribution in [2.75, 3.05) is 13.1 Å². The van der Waals surface area contributed by atoms with Crippen LogP contribution in [0, 0.1) is 11.8 Å². The molecule has 0 saturated carbocycles.